The quantitative estimate of drug-likeness (QED) is 0.820. The molecule has 0 aromatic heterocycles. The molecule has 1 aromatic rings. The molecular formula is C13H18Cl2N2O3S. The number of anilines is 1. The Morgan fingerprint density at radius 2 is 1.95 bits per heavy atom. The van der Waals surface area contributed by atoms with Crippen molar-refractivity contribution in [1.82, 2.24) is 5.32 Å². The zero-order chi connectivity index (χ0) is 16.0. The maximum atomic E-state index is 11.9. The zero-order valence-electron chi connectivity index (χ0n) is 11.9. The largest absolute Gasteiger partial charge is 0.356 e. The second-order valence-electron chi connectivity index (χ2n) is 4.53. The molecule has 0 radical (unpaired) electrons. The van der Waals surface area contributed by atoms with Crippen LogP contribution in [-0.4, -0.2) is 33.7 Å². The lowest BCUT2D eigenvalue weighted by Crippen LogP contribution is -2.34. The molecule has 0 atom stereocenters. The Kier molecular flexibility index (Phi) is 6.77. The van der Waals surface area contributed by atoms with Crippen molar-refractivity contribution in [3.05, 3.63) is 28.2 Å². The fraction of sp³-hybridized carbons (Fsp3) is 0.462. The van der Waals surface area contributed by atoms with Gasteiger partial charge in [0.1, 0.15) is 0 Å². The first-order valence-electron chi connectivity index (χ1n) is 6.45. The molecule has 0 aliphatic rings. The highest BCUT2D eigenvalue weighted by molar-refractivity contribution is 7.92. The van der Waals surface area contributed by atoms with Gasteiger partial charge in [0.2, 0.25) is 15.9 Å². The van der Waals surface area contributed by atoms with Crippen LogP contribution in [0.2, 0.25) is 10.0 Å². The molecule has 0 saturated heterocycles. The Balaban J connectivity index is 2.87. The van der Waals surface area contributed by atoms with Crippen molar-refractivity contribution in [3.8, 4) is 0 Å². The van der Waals surface area contributed by atoms with Crippen LogP contribution < -0.4 is 9.62 Å². The summed E-state index contributed by atoms with van der Waals surface area (Å²) in [6, 6.07) is 4.54. The van der Waals surface area contributed by atoms with Crippen LogP contribution in [0.5, 0.6) is 0 Å². The van der Waals surface area contributed by atoms with E-state index in [1.165, 1.54) is 12.1 Å². The standard InChI is InChI=1S/C13H18Cl2N2O3S/c1-3-7-16-13(18)6-8-17(21(2,19)20)10-4-5-11(14)12(15)9-10/h4-5,9H,3,6-8H2,1-2H3,(H,16,18). The van der Waals surface area contributed by atoms with Crippen LogP contribution in [0.15, 0.2) is 18.2 Å². The van der Waals surface area contributed by atoms with Gasteiger partial charge in [-0.3, -0.25) is 9.10 Å². The van der Waals surface area contributed by atoms with E-state index >= 15 is 0 Å². The summed E-state index contributed by atoms with van der Waals surface area (Å²) in [7, 11) is -3.51. The van der Waals surface area contributed by atoms with Crippen LogP contribution in [0, 0.1) is 0 Å². The molecule has 0 spiro atoms. The fourth-order valence-corrected chi connectivity index (χ4v) is 2.89. The molecule has 5 nitrogen and oxygen atoms in total. The average molecular weight is 353 g/mol. The van der Waals surface area contributed by atoms with Crippen LogP contribution in [0.3, 0.4) is 0 Å². The van der Waals surface area contributed by atoms with Gasteiger partial charge in [-0.05, 0) is 24.6 Å². The number of carbonyl (C=O) groups excluding carboxylic acids is 1. The molecule has 0 aliphatic heterocycles. The molecule has 21 heavy (non-hydrogen) atoms. The molecular weight excluding hydrogens is 335 g/mol. The van der Waals surface area contributed by atoms with E-state index in [1.54, 1.807) is 6.07 Å². The first kappa shape index (κ1) is 18.1. The van der Waals surface area contributed by atoms with Gasteiger partial charge in [-0.1, -0.05) is 30.1 Å². The molecule has 0 unspecified atom stereocenters. The van der Waals surface area contributed by atoms with Gasteiger partial charge in [-0.15, -0.1) is 0 Å². The van der Waals surface area contributed by atoms with Crippen molar-refractivity contribution in [2.75, 3.05) is 23.7 Å². The molecule has 1 aromatic carbocycles. The number of halogens is 2. The maximum Gasteiger partial charge on any atom is 0.232 e. The van der Waals surface area contributed by atoms with Gasteiger partial charge in [-0.2, -0.15) is 0 Å². The molecule has 1 rings (SSSR count). The third-order valence-corrected chi connectivity index (χ3v) is 4.64. The maximum absolute atomic E-state index is 11.9. The number of nitrogens with zero attached hydrogens (tertiary/aromatic N) is 1. The number of hydrogen-bond acceptors (Lipinski definition) is 3. The van der Waals surface area contributed by atoms with Gasteiger partial charge in [-0.25, -0.2) is 8.42 Å². The minimum absolute atomic E-state index is 0.0480. The van der Waals surface area contributed by atoms with Gasteiger partial charge < -0.3 is 5.32 Å². The predicted molar refractivity (Wildman–Crippen MR) is 86.6 cm³/mol. The van der Waals surface area contributed by atoms with Crippen LogP contribution in [0.25, 0.3) is 0 Å². The summed E-state index contributed by atoms with van der Waals surface area (Å²) in [4.78, 5) is 11.6. The van der Waals surface area contributed by atoms with Crippen LogP contribution >= 0.6 is 23.2 Å². The summed E-state index contributed by atoms with van der Waals surface area (Å²) in [5.74, 6) is -0.189. The van der Waals surface area contributed by atoms with E-state index in [2.05, 4.69) is 5.32 Å². The van der Waals surface area contributed by atoms with Gasteiger partial charge in [0.05, 0.1) is 22.0 Å². The third-order valence-electron chi connectivity index (χ3n) is 2.71. The van der Waals surface area contributed by atoms with E-state index in [9.17, 15) is 13.2 Å². The molecule has 1 N–H and O–H groups in total. The summed E-state index contributed by atoms with van der Waals surface area (Å²) >= 11 is 11.7. The molecule has 0 aliphatic carbocycles. The van der Waals surface area contributed by atoms with Crippen molar-refractivity contribution in [1.29, 1.82) is 0 Å². The second kappa shape index (κ2) is 7.87. The predicted octanol–water partition coefficient (Wildman–Crippen LogP) is 2.68. The third kappa shape index (κ3) is 5.73. The summed E-state index contributed by atoms with van der Waals surface area (Å²) in [6.45, 7) is 2.57. The fourth-order valence-electron chi connectivity index (χ4n) is 1.68. The molecule has 0 bridgehead atoms. The van der Waals surface area contributed by atoms with Gasteiger partial charge in [0.25, 0.3) is 0 Å². The van der Waals surface area contributed by atoms with Crippen LogP contribution in [0.1, 0.15) is 19.8 Å². The Hall–Kier alpha value is -0.980. The minimum atomic E-state index is -3.51. The molecule has 0 fully saturated rings. The van der Waals surface area contributed by atoms with Gasteiger partial charge in [0, 0.05) is 19.5 Å². The van der Waals surface area contributed by atoms with Crippen molar-refractivity contribution in [2.24, 2.45) is 0 Å². The molecule has 8 heteroatoms. The summed E-state index contributed by atoms with van der Waals surface area (Å²) in [6.07, 6.45) is 1.99. The first-order chi connectivity index (χ1) is 9.75. The number of nitrogens with one attached hydrogen (secondary N) is 1. The first-order valence-corrected chi connectivity index (χ1v) is 9.05. The highest BCUT2D eigenvalue weighted by Gasteiger charge is 2.19. The lowest BCUT2D eigenvalue weighted by Gasteiger charge is -2.22. The number of benzene rings is 1. The number of carbonyl (C=O) groups is 1. The van der Waals surface area contributed by atoms with Crippen LogP contribution in [-0.2, 0) is 14.8 Å². The topological polar surface area (TPSA) is 66.5 Å². The van der Waals surface area contributed by atoms with E-state index in [0.29, 0.717) is 17.3 Å². The number of sulfonamides is 1. The molecule has 1 amide bonds. The number of rotatable bonds is 7. The van der Waals surface area contributed by atoms with Crippen LogP contribution in [0.4, 0.5) is 5.69 Å². The van der Waals surface area contributed by atoms with Crippen molar-refractivity contribution in [3.63, 3.8) is 0 Å². The SMILES string of the molecule is CCCNC(=O)CCN(c1ccc(Cl)c(Cl)c1)S(C)(=O)=O. The average Bonchev–Trinajstić information content (AvgIpc) is 2.39. The van der Waals surface area contributed by atoms with E-state index < -0.39 is 10.0 Å². The monoisotopic (exact) mass is 352 g/mol. The normalized spacial score (nSPS) is 11.2. The van der Waals surface area contributed by atoms with Gasteiger partial charge in [0.15, 0.2) is 0 Å². The zero-order valence-corrected chi connectivity index (χ0v) is 14.2. The summed E-state index contributed by atoms with van der Waals surface area (Å²) in [5, 5.41) is 3.31. The molecule has 118 valence electrons. The highest BCUT2D eigenvalue weighted by atomic mass is 35.5. The Morgan fingerprint density at radius 1 is 1.29 bits per heavy atom. The minimum Gasteiger partial charge on any atom is -0.356 e. The van der Waals surface area contributed by atoms with Crippen molar-refractivity contribution >= 4 is 44.8 Å². The van der Waals surface area contributed by atoms with E-state index in [0.717, 1.165) is 17.0 Å². The summed E-state index contributed by atoms with van der Waals surface area (Å²) < 4.78 is 24.9. The van der Waals surface area contributed by atoms with E-state index in [-0.39, 0.29) is 23.9 Å². The second-order valence-corrected chi connectivity index (χ2v) is 7.25. The molecule has 0 heterocycles. The van der Waals surface area contributed by atoms with E-state index in [4.69, 9.17) is 23.2 Å². The number of amides is 1. The van der Waals surface area contributed by atoms with Crippen molar-refractivity contribution < 1.29 is 13.2 Å². The van der Waals surface area contributed by atoms with E-state index in [1.807, 2.05) is 6.92 Å². The van der Waals surface area contributed by atoms with Crippen molar-refractivity contribution in [2.45, 2.75) is 19.8 Å². The summed E-state index contributed by atoms with van der Waals surface area (Å²) in [5.41, 5.74) is 0.384. The highest BCUT2D eigenvalue weighted by Crippen LogP contribution is 2.28. The Bertz CT molecular complexity index is 605. The van der Waals surface area contributed by atoms with Gasteiger partial charge >= 0.3 is 0 Å². The Morgan fingerprint density at radius 3 is 2.48 bits per heavy atom. The molecule has 0 saturated carbocycles. The Labute approximate surface area is 135 Å². The smallest absolute Gasteiger partial charge is 0.232 e. The lowest BCUT2D eigenvalue weighted by atomic mass is 10.3. The number of hydrogen-bond donors (Lipinski definition) is 1. The lowest BCUT2D eigenvalue weighted by molar-refractivity contribution is -0.120.